The van der Waals surface area contributed by atoms with Gasteiger partial charge in [-0.3, -0.25) is 10.5 Å². The van der Waals surface area contributed by atoms with Crippen LogP contribution in [0, 0.1) is 12.3 Å². The summed E-state index contributed by atoms with van der Waals surface area (Å²) in [6.45, 7) is 9.01. The van der Waals surface area contributed by atoms with Crippen LogP contribution < -0.4 is 15.8 Å². The third-order valence-electron chi connectivity index (χ3n) is 6.92. The maximum absolute atomic E-state index is 8.60. The number of benzene rings is 1. The van der Waals surface area contributed by atoms with Crippen molar-refractivity contribution in [3.8, 4) is 5.88 Å². The van der Waals surface area contributed by atoms with Crippen molar-refractivity contribution in [2.24, 2.45) is 0 Å². The summed E-state index contributed by atoms with van der Waals surface area (Å²) in [6, 6.07) is 8.84. The molecule has 1 fully saturated rings. The Kier molecular flexibility index (Phi) is 7.00. The molecule has 0 bridgehead atoms. The summed E-state index contributed by atoms with van der Waals surface area (Å²) in [5.74, 6) is 1.36. The van der Waals surface area contributed by atoms with Gasteiger partial charge in [-0.05, 0) is 50.6 Å². The van der Waals surface area contributed by atoms with Crippen LogP contribution in [-0.4, -0.2) is 61.0 Å². The first-order valence-electron chi connectivity index (χ1n) is 12.6. The SMILES string of the molecule is Cc1cccc2cc(CNc3ncnc(N)c3C(=N)c3cn[nH]c3)nc(OC3CCN(C(C)C)CC3)c12. The molecule has 0 aliphatic carbocycles. The van der Waals surface area contributed by atoms with Gasteiger partial charge in [-0.15, -0.1) is 0 Å². The molecule has 1 aliphatic heterocycles. The number of aryl methyl sites for hydroxylation is 1. The van der Waals surface area contributed by atoms with E-state index in [1.54, 1.807) is 12.4 Å². The Bertz CT molecular complexity index is 1390. The summed E-state index contributed by atoms with van der Waals surface area (Å²) >= 11 is 0. The fourth-order valence-electron chi connectivity index (χ4n) is 4.83. The molecule has 5 N–H and O–H groups in total. The van der Waals surface area contributed by atoms with Gasteiger partial charge in [0.2, 0.25) is 5.88 Å². The maximum atomic E-state index is 8.60. The molecule has 1 aliphatic rings. The molecule has 0 spiro atoms. The minimum atomic E-state index is 0.136. The number of H-pyrrole nitrogens is 1. The molecule has 10 heteroatoms. The highest BCUT2D eigenvalue weighted by molar-refractivity contribution is 6.15. The minimum Gasteiger partial charge on any atom is -0.474 e. The van der Waals surface area contributed by atoms with Gasteiger partial charge in [-0.1, -0.05) is 18.2 Å². The van der Waals surface area contributed by atoms with Gasteiger partial charge in [0, 0.05) is 36.3 Å². The molecule has 0 unspecified atom stereocenters. The van der Waals surface area contributed by atoms with Crippen LogP contribution in [0.1, 0.15) is 49.1 Å². The van der Waals surface area contributed by atoms with Crippen molar-refractivity contribution in [2.45, 2.75) is 52.3 Å². The molecule has 0 amide bonds. The minimum absolute atomic E-state index is 0.136. The van der Waals surface area contributed by atoms with E-state index in [1.165, 1.54) is 6.33 Å². The second-order valence-corrected chi connectivity index (χ2v) is 9.74. The number of hydrogen-bond acceptors (Lipinski definition) is 9. The fourth-order valence-corrected chi connectivity index (χ4v) is 4.83. The first-order valence-corrected chi connectivity index (χ1v) is 12.6. The second-order valence-electron chi connectivity index (χ2n) is 9.74. The summed E-state index contributed by atoms with van der Waals surface area (Å²) in [5.41, 5.74) is 9.30. The van der Waals surface area contributed by atoms with E-state index in [1.807, 2.05) is 0 Å². The molecular formula is C27H33N9O. The van der Waals surface area contributed by atoms with E-state index in [9.17, 15) is 0 Å². The van der Waals surface area contributed by atoms with Crippen LogP contribution >= 0.6 is 0 Å². The lowest BCUT2D eigenvalue weighted by atomic mass is 10.0. The molecule has 4 aromatic rings. The first kappa shape index (κ1) is 24.6. The summed E-state index contributed by atoms with van der Waals surface area (Å²) in [5, 5.41) is 20.7. The number of hydrogen-bond donors (Lipinski definition) is 4. The number of rotatable bonds is 8. The van der Waals surface area contributed by atoms with Crippen molar-refractivity contribution in [1.82, 2.24) is 30.0 Å². The van der Waals surface area contributed by atoms with Crippen molar-refractivity contribution in [1.29, 1.82) is 5.41 Å². The van der Waals surface area contributed by atoms with E-state index in [4.69, 9.17) is 20.9 Å². The van der Waals surface area contributed by atoms with Crippen molar-refractivity contribution in [3.05, 3.63) is 65.4 Å². The Morgan fingerprint density at radius 3 is 2.81 bits per heavy atom. The third-order valence-corrected chi connectivity index (χ3v) is 6.92. The lowest BCUT2D eigenvalue weighted by molar-refractivity contribution is 0.0822. The Morgan fingerprint density at radius 2 is 2.08 bits per heavy atom. The Labute approximate surface area is 216 Å². The molecule has 37 heavy (non-hydrogen) atoms. The number of aromatic amines is 1. The molecule has 4 heterocycles. The van der Waals surface area contributed by atoms with Crippen LogP contribution in [0.15, 0.2) is 43.0 Å². The normalized spacial score (nSPS) is 14.8. The predicted molar refractivity (Wildman–Crippen MR) is 145 cm³/mol. The largest absolute Gasteiger partial charge is 0.474 e. The average molecular weight is 500 g/mol. The molecule has 1 saturated heterocycles. The predicted octanol–water partition coefficient (Wildman–Crippen LogP) is 3.92. The van der Waals surface area contributed by atoms with E-state index >= 15 is 0 Å². The topological polar surface area (TPSA) is 142 Å². The van der Waals surface area contributed by atoms with Crippen molar-refractivity contribution in [3.63, 3.8) is 0 Å². The van der Waals surface area contributed by atoms with Gasteiger partial charge in [-0.2, -0.15) is 5.10 Å². The summed E-state index contributed by atoms with van der Waals surface area (Å²) in [6.07, 6.45) is 6.70. The van der Waals surface area contributed by atoms with E-state index in [0.717, 1.165) is 48.0 Å². The number of nitrogen functional groups attached to an aromatic ring is 1. The van der Waals surface area contributed by atoms with Crippen LogP contribution in [0.3, 0.4) is 0 Å². The molecular weight excluding hydrogens is 466 g/mol. The lowest BCUT2D eigenvalue weighted by Gasteiger charge is -2.34. The molecule has 0 atom stereocenters. The highest BCUT2D eigenvalue weighted by Gasteiger charge is 2.24. The van der Waals surface area contributed by atoms with E-state index in [2.05, 4.69) is 75.4 Å². The van der Waals surface area contributed by atoms with Crippen LogP contribution in [0.2, 0.25) is 0 Å². The Balaban J connectivity index is 1.40. The zero-order chi connectivity index (χ0) is 25.9. The first-order chi connectivity index (χ1) is 17.9. The molecule has 1 aromatic carbocycles. The van der Waals surface area contributed by atoms with Gasteiger partial charge in [0.05, 0.1) is 29.7 Å². The molecule has 0 saturated carbocycles. The number of anilines is 2. The zero-order valence-electron chi connectivity index (χ0n) is 21.5. The van der Waals surface area contributed by atoms with Crippen molar-refractivity contribution < 1.29 is 4.74 Å². The fraction of sp³-hybridized carbons (Fsp3) is 0.370. The van der Waals surface area contributed by atoms with Crippen LogP contribution in [0.4, 0.5) is 11.6 Å². The number of aromatic nitrogens is 5. The number of likely N-dealkylation sites (tertiary alicyclic amines) is 1. The average Bonchev–Trinajstić information content (AvgIpc) is 3.43. The highest BCUT2D eigenvalue weighted by atomic mass is 16.5. The van der Waals surface area contributed by atoms with E-state index < -0.39 is 0 Å². The number of nitrogens with two attached hydrogens (primary N) is 1. The Hall–Kier alpha value is -4.05. The number of pyridine rings is 1. The summed E-state index contributed by atoms with van der Waals surface area (Å²) < 4.78 is 6.54. The van der Waals surface area contributed by atoms with E-state index in [-0.39, 0.29) is 17.6 Å². The van der Waals surface area contributed by atoms with Gasteiger partial charge in [0.1, 0.15) is 24.1 Å². The monoisotopic (exact) mass is 499 g/mol. The van der Waals surface area contributed by atoms with Crippen LogP contribution in [0.5, 0.6) is 5.88 Å². The number of piperidine rings is 1. The zero-order valence-corrected chi connectivity index (χ0v) is 21.5. The number of ether oxygens (including phenoxy) is 1. The third kappa shape index (κ3) is 5.24. The second kappa shape index (κ2) is 10.5. The highest BCUT2D eigenvalue weighted by Crippen LogP contribution is 2.31. The molecule has 192 valence electrons. The molecule has 0 radical (unpaired) electrons. The van der Waals surface area contributed by atoms with E-state index in [0.29, 0.717) is 35.4 Å². The van der Waals surface area contributed by atoms with Gasteiger partial charge in [0.15, 0.2) is 0 Å². The number of nitrogens with one attached hydrogen (secondary N) is 3. The summed E-state index contributed by atoms with van der Waals surface area (Å²) in [7, 11) is 0. The molecule has 10 nitrogen and oxygen atoms in total. The van der Waals surface area contributed by atoms with Crippen molar-refractivity contribution >= 4 is 28.1 Å². The quantitative estimate of drug-likeness (QED) is 0.267. The standard InChI is InChI=1S/C27H33N9O/c1-16(2)36-9-7-21(8-10-36)37-27-22-17(3)5-4-6-18(22)11-20(35-27)14-30-26-23(25(29)31-15-32-26)24(28)19-12-33-34-13-19/h4-6,11-13,15-16,21,28H,7-10,14H2,1-3H3,(H,33,34)(H3,29,30,31,32). The molecule has 3 aromatic heterocycles. The van der Waals surface area contributed by atoms with Gasteiger partial charge < -0.3 is 20.7 Å². The number of fused-ring (bicyclic) bond motifs is 1. The lowest BCUT2D eigenvalue weighted by Crippen LogP contribution is -2.41. The van der Waals surface area contributed by atoms with Gasteiger partial charge >= 0.3 is 0 Å². The van der Waals surface area contributed by atoms with Crippen LogP contribution in [-0.2, 0) is 6.54 Å². The number of nitrogens with zero attached hydrogens (tertiary/aromatic N) is 5. The van der Waals surface area contributed by atoms with Gasteiger partial charge in [-0.25, -0.2) is 15.0 Å². The smallest absolute Gasteiger partial charge is 0.222 e. The maximum Gasteiger partial charge on any atom is 0.222 e. The Morgan fingerprint density at radius 1 is 1.27 bits per heavy atom. The van der Waals surface area contributed by atoms with Crippen molar-refractivity contribution in [2.75, 3.05) is 24.1 Å². The van der Waals surface area contributed by atoms with Crippen LogP contribution in [0.25, 0.3) is 10.8 Å². The molecule has 5 rings (SSSR count). The summed E-state index contributed by atoms with van der Waals surface area (Å²) in [4.78, 5) is 15.9. The van der Waals surface area contributed by atoms with Gasteiger partial charge in [0.25, 0.3) is 0 Å².